The number of pyridine rings is 1. The van der Waals surface area contributed by atoms with Crippen LogP contribution in [0.5, 0.6) is 0 Å². The minimum Gasteiger partial charge on any atom is -0.318 e. The average molecular weight is 222 g/mol. The summed E-state index contributed by atoms with van der Waals surface area (Å²) in [5.41, 5.74) is -1.64. The highest BCUT2D eigenvalue weighted by Gasteiger charge is 2.20. The molecule has 1 N–H and O–H groups in total. The molecule has 1 rings (SSSR count). The van der Waals surface area contributed by atoms with Crippen LogP contribution in [-0.4, -0.2) is 10.2 Å². The Balaban J connectivity index is 3.52. The van der Waals surface area contributed by atoms with Crippen molar-refractivity contribution in [1.29, 1.82) is 0 Å². The highest BCUT2D eigenvalue weighted by Crippen LogP contribution is 2.24. The molecule has 0 unspecified atom stereocenters. The molecule has 1 heterocycles. The Hall–Kier alpha value is -1.23. The van der Waals surface area contributed by atoms with Crippen LogP contribution in [0.15, 0.2) is 10.9 Å². The van der Waals surface area contributed by atoms with Crippen molar-refractivity contribution in [3.63, 3.8) is 0 Å². The first-order valence-electron chi connectivity index (χ1n) is 3.65. The lowest BCUT2D eigenvalue weighted by molar-refractivity contribution is 0.106. The van der Waals surface area contributed by atoms with Crippen LogP contribution < -0.4 is 5.56 Å². The summed E-state index contributed by atoms with van der Waals surface area (Å²) >= 11 is 5.05. The SMILES string of the molecule is Cc1cc(=O)[nH]c(C(=O)Cl)c1C(F)F. The van der Waals surface area contributed by atoms with E-state index in [1.165, 1.54) is 6.92 Å². The number of halogens is 3. The highest BCUT2D eigenvalue weighted by molar-refractivity contribution is 6.67. The van der Waals surface area contributed by atoms with Crippen LogP contribution in [-0.2, 0) is 0 Å². The van der Waals surface area contributed by atoms with Crippen molar-refractivity contribution in [1.82, 2.24) is 4.98 Å². The number of alkyl halides is 2. The second-order valence-corrected chi connectivity index (χ2v) is 3.02. The van der Waals surface area contributed by atoms with Crippen molar-refractivity contribution in [2.75, 3.05) is 0 Å². The summed E-state index contributed by atoms with van der Waals surface area (Å²) in [6.07, 6.45) is -2.84. The zero-order chi connectivity index (χ0) is 10.9. The van der Waals surface area contributed by atoms with E-state index in [-0.39, 0.29) is 5.56 Å². The molecule has 1 aromatic rings. The number of aromatic amines is 1. The lowest BCUT2D eigenvalue weighted by atomic mass is 10.1. The Morgan fingerprint density at radius 2 is 2.14 bits per heavy atom. The van der Waals surface area contributed by atoms with E-state index < -0.39 is 28.5 Å². The third-order valence-corrected chi connectivity index (χ3v) is 1.89. The van der Waals surface area contributed by atoms with Gasteiger partial charge >= 0.3 is 0 Å². The van der Waals surface area contributed by atoms with Crippen molar-refractivity contribution in [3.8, 4) is 0 Å². The quantitative estimate of drug-likeness (QED) is 0.777. The fourth-order valence-corrected chi connectivity index (χ4v) is 1.28. The fourth-order valence-electron chi connectivity index (χ4n) is 1.13. The second kappa shape index (κ2) is 3.88. The van der Waals surface area contributed by atoms with Crippen LogP contribution in [0.4, 0.5) is 8.78 Å². The zero-order valence-electron chi connectivity index (χ0n) is 7.11. The second-order valence-electron chi connectivity index (χ2n) is 2.68. The van der Waals surface area contributed by atoms with Crippen LogP contribution >= 0.6 is 11.6 Å². The van der Waals surface area contributed by atoms with Crippen LogP contribution in [0.2, 0.25) is 0 Å². The number of hydrogen-bond donors (Lipinski definition) is 1. The summed E-state index contributed by atoms with van der Waals surface area (Å²) in [5, 5.41) is -1.10. The Morgan fingerprint density at radius 3 is 2.57 bits per heavy atom. The molecule has 0 fully saturated rings. The molecule has 76 valence electrons. The summed E-state index contributed by atoms with van der Waals surface area (Å²) in [7, 11) is 0. The predicted octanol–water partition coefficient (Wildman–Crippen LogP) is 2.00. The number of carbonyl (C=O) groups is 1. The molecule has 0 radical (unpaired) electrons. The van der Waals surface area contributed by atoms with E-state index >= 15 is 0 Å². The standard InChI is InChI=1S/C8H6ClF2NO2/c1-3-2-4(13)12-6(7(9)14)5(3)8(10)11/h2,8H,1H3,(H,12,13). The maximum atomic E-state index is 12.4. The summed E-state index contributed by atoms with van der Waals surface area (Å²) in [4.78, 5) is 23.6. The predicted molar refractivity (Wildman–Crippen MR) is 46.9 cm³/mol. The summed E-state index contributed by atoms with van der Waals surface area (Å²) in [6.45, 7) is 1.32. The lowest BCUT2D eigenvalue weighted by Gasteiger charge is -2.07. The maximum Gasteiger partial charge on any atom is 0.269 e. The largest absolute Gasteiger partial charge is 0.318 e. The van der Waals surface area contributed by atoms with Gasteiger partial charge in [0.1, 0.15) is 5.69 Å². The number of hydrogen-bond acceptors (Lipinski definition) is 2. The first-order valence-corrected chi connectivity index (χ1v) is 4.03. The van der Waals surface area contributed by atoms with Crippen molar-refractivity contribution in [2.45, 2.75) is 13.3 Å². The smallest absolute Gasteiger partial charge is 0.269 e. The van der Waals surface area contributed by atoms with Gasteiger partial charge in [-0.25, -0.2) is 8.78 Å². The lowest BCUT2D eigenvalue weighted by Crippen LogP contribution is -2.15. The molecule has 0 saturated carbocycles. The average Bonchev–Trinajstić information content (AvgIpc) is 2.01. The molecule has 0 aliphatic rings. The maximum absolute atomic E-state index is 12.4. The Labute approximate surface area is 82.7 Å². The Morgan fingerprint density at radius 1 is 1.57 bits per heavy atom. The minimum absolute atomic E-state index is 0.0488. The number of H-pyrrole nitrogens is 1. The van der Waals surface area contributed by atoms with Gasteiger partial charge in [0.05, 0.1) is 0 Å². The molecule has 0 amide bonds. The molecule has 0 saturated heterocycles. The van der Waals surface area contributed by atoms with Crippen LogP contribution in [0.25, 0.3) is 0 Å². The van der Waals surface area contributed by atoms with E-state index in [2.05, 4.69) is 0 Å². The van der Waals surface area contributed by atoms with Crippen molar-refractivity contribution in [2.24, 2.45) is 0 Å². The molecule has 0 atom stereocenters. The summed E-state index contributed by atoms with van der Waals surface area (Å²) in [5.74, 6) is 0. The van der Waals surface area contributed by atoms with Crippen LogP contribution in [0.1, 0.15) is 28.0 Å². The molecule has 0 aromatic carbocycles. The third kappa shape index (κ3) is 1.98. The Bertz CT molecular complexity index is 428. The minimum atomic E-state index is -2.84. The van der Waals surface area contributed by atoms with E-state index in [0.29, 0.717) is 0 Å². The first-order chi connectivity index (χ1) is 6.43. The molecule has 0 aliphatic heterocycles. The molecular weight excluding hydrogens is 216 g/mol. The van der Waals surface area contributed by atoms with E-state index in [4.69, 9.17) is 11.6 Å². The van der Waals surface area contributed by atoms with Gasteiger partial charge in [-0.15, -0.1) is 0 Å². The van der Waals surface area contributed by atoms with Crippen LogP contribution in [0, 0.1) is 6.92 Å². The van der Waals surface area contributed by atoms with Crippen LogP contribution in [0.3, 0.4) is 0 Å². The van der Waals surface area contributed by atoms with Gasteiger partial charge in [-0.2, -0.15) is 0 Å². The number of nitrogens with one attached hydrogen (secondary N) is 1. The molecule has 1 aromatic heterocycles. The van der Waals surface area contributed by atoms with Crippen molar-refractivity contribution in [3.05, 3.63) is 33.2 Å². The number of aryl methyl sites for hydroxylation is 1. The van der Waals surface area contributed by atoms with Gasteiger partial charge in [-0.1, -0.05) is 0 Å². The van der Waals surface area contributed by atoms with Gasteiger partial charge in [0, 0.05) is 11.6 Å². The van der Waals surface area contributed by atoms with E-state index in [1.807, 2.05) is 4.98 Å². The van der Waals surface area contributed by atoms with Gasteiger partial charge in [-0.3, -0.25) is 9.59 Å². The van der Waals surface area contributed by atoms with Gasteiger partial charge < -0.3 is 4.98 Å². The summed E-state index contributed by atoms with van der Waals surface area (Å²) in [6, 6.07) is 0.991. The van der Waals surface area contributed by atoms with E-state index in [1.54, 1.807) is 0 Å². The molecule has 0 bridgehead atoms. The zero-order valence-corrected chi connectivity index (χ0v) is 7.86. The monoisotopic (exact) mass is 221 g/mol. The van der Waals surface area contributed by atoms with Crippen molar-refractivity contribution < 1.29 is 13.6 Å². The van der Waals surface area contributed by atoms with Gasteiger partial charge in [0.15, 0.2) is 0 Å². The number of aromatic nitrogens is 1. The topological polar surface area (TPSA) is 49.9 Å². The number of carbonyl (C=O) groups excluding carboxylic acids is 1. The Kier molecular flexibility index (Phi) is 3.00. The molecule has 6 heteroatoms. The van der Waals surface area contributed by atoms with Crippen molar-refractivity contribution >= 4 is 16.8 Å². The number of rotatable bonds is 2. The molecule has 0 spiro atoms. The van der Waals surface area contributed by atoms with Gasteiger partial charge in [0.2, 0.25) is 5.56 Å². The highest BCUT2D eigenvalue weighted by atomic mass is 35.5. The third-order valence-electron chi connectivity index (χ3n) is 1.70. The molecular formula is C8H6ClF2NO2. The van der Waals surface area contributed by atoms with Gasteiger partial charge in [0.25, 0.3) is 11.7 Å². The first kappa shape index (κ1) is 10.8. The van der Waals surface area contributed by atoms with E-state index in [9.17, 15) is 18.4 Å². The van der Waals surface area contributed by atoms with Gasteiger partial charge in [-0.05, 0) is 24.1 Å². The molecule has 3 nitrogen and oxygen atoms in total. The fraction of sp³-hybridized carbons (Fsp3) is 0.250. The summed E-state index contributed by atoms with van der Waals surface area (Å²) < 4.78 is 24.9. The van der Waals surface area contributed by atoms with E-state index in [0.717, 1.165) is 6.07 Å². The molecule has 14 heavy (non-hydrogen) atoms. The molecule has 0 aliphatic carbocycles. The normalized spacial score (nSPS) is 10.6.